The largest absolute Gasteiger partial charge is 0.390 e. The third kappa shape index (κ3) is 9.57. The van der Waals surface area contributed by atoms with Crippen LogP contribution in [0.1, 0.15) is 51.2 Å². The molecular weight excluding hydrogens is 671 g/mol. The first-order valence-corrected chi connectivity index (χ1v) is 17.5. The lowest BCUT2D eigenvalue weighted by Gasteiger charge is -2.47. The van der Waals surface area contributed by atoms with Crippen molar-refractivity contribution in [3.05, 3.63) is 39.9 Å². The third-order valence-electron chi connectivity index (χ3n) is 8.67. The molecule has 2 aliphatic heterocycles. The number of likely N-dealkylation sites (N-methyl/N-ethyl adjacent to an activating group) is 1. The van der Waals surface area contributed by atoms with E-state index in [1.54, 1.807) is 13.2 Å². The summed E-state index contributed by atoms with van der Waals surface area (Å²) in [6, 6.07) is 2.86. The molecule has 16 heteroatoms. The van der Waals surface area contributed by atoms with Crippen LogP contribution in [-0.2, 0) is 14.3 Å². The van der Waals surface area contributed by atoms with Gasteiger partial charge >= 0.3 is 0 Å². The van der Waals surface area contributed by atoms with Crippen LogP contribution >= 0.6 is 46.6 Å². The molecule has 254 valence electrons. The van der Waals surface area contributed by atoms with E-state index < -0.39 is 68.9 Å². The van der Waals surface area contributed by atoms with Crippen molar-refractivity contribution in [1.82, 2.24) is 15.5 Å². The molecule has 1 aromatic carbocycles. The molecule has 11 atom stereocenters. The molecule has 12 nitrogen and oxygen atoms in total. The number of non-ortho nitro benzene ring substituents is 1. The molecule has 2 saturated heterocycles. The molecule has 5 N–H and O–H groups in total. The second-order valence-corrected chi connectivity index (χ2v) is 14.6. The van der Waals surface area contributed by atoms with E-state index in [0.717, 1.165) is 19.4 Å². The molecule has 2 fully saturated rings. The molecule has 2 amide bonds. The molecule has 0 radical (unpaired) electrons. The summed E-state index contributed by atoms with van der Waals surface area (Å²) in [6.45, 7) is 4.59. The maximum Gasteiger partial charge on any atom is 0.269 e. The first kappa shape index (κ1) is 38.0. The van der Waals surface area contributed by atoms with Gasteiger partial charge in [-0.3, -0.25) is 24.6 Å². The van der Waals surface area contributed by atoms with Crippen molar-refractivity contribution in [1.29, 1.82) is 0 Å². The van der Waals surface area contributed by atoms with Crippen molar-refractivity contribution in [2.45, 2.75) is 97.7 Å². The molecule has 0 saturated carbocycles. The zero-order valence-corrected chi connectivity index (χ0v) is 28.7. The van der Waals surface area contributed by atoms with E-state index in [4.69, 9.17) is 39.5 Å². The number of carbonyl (C=O) groups is 2. The molecular formula is C29H43Cl3N4O8S. The highest BCUT2D eigenvalue weighted by Crippen LogP contribution is 2.38. The molecule has 3 rings (SSSR count). The summed E-state index contributed by atoms with van der Waals surface area (Å²) in [5, 5.41) is 50.0. The molecule has 2 heterocycles. The summed E-state index contributed by atoms with van der Waals surface area (Å²) in [5.41, 5.74) is -0.678. The van der Waals surface area contributed by atoms with Crippen LogP contribution in [0.2, 0.25) is 0 Å². The number of alkyl halides is 3. The molecule has 0 spiro atoms. The number of aliphatic hydroxyl groups is 3. The standard InChI is InChI=1S/C29H43Cl3N4O8S/c1-5-6-15-11-20(35(3)13-15)27(40)34-21(14(2)30)25-24(39)23(38)18(29(44-25)45-4)12-19(33-28(41)26(31)32)22(37)16-7-9-17(10-8-16)36(42)43/h7-10,14-15,18-26,29,37-39H,5-6,11-13H2,1-4H3,(H,33,41)(H,34,40)/t14?,15?,18?,19-,20?,21?,22+,23?,24?,25?,29?/m1/s1. The van der Waals surface area contributed by atoms with Crippen LogP contribution in [0.4, 0.5) is 5.69 Å². The summed E-state index contributed by atoms with van der Waals surface area (Å²) in [4.78, 5) is 36.9. The molecule has 1 aromatic rings. The zero-order valence-electron chi connectivity index (χ0n) is 25.6. The van der Waals surface area contributed by atoms with Crippen molar-refractivity contribution in [3.63, 3.8) is 0 Å². The maximum absolute atomic E-state index is 13.4. The van der Waals surface area contributed by atoms with E-state index in [2.05, 4.69) is 17.6 Å². The van der Waals surface area contributed by atoms with Gasteiger partial charge in [0.15, 0.2) is 4.84 Å². The van der Waals surface area contributed by atoms with E-state index in [1.165, 1.54) is 36.0 Å². The van der Waals surface area contributed by atoms with Gasteiger partial charge in [-0.2, -0.15) is 0 Å². The van der Waals surface area contributed by atoms with Crippen LogP contribution < -0.4 is 10.6 Å². The SMILES string of the molecule is CCCC1CC(C(=O)NC(C(C)Cl)C2OC(SC)C(C[C@@H](NC(=O)C(Cl)Cl)[C@@H](O)c3ccc([N+](=O)[O-])cc3)C(O)C2O)N(C)C1. The number of carbonyl (C=O) groups excluding carboxylic acids is 2. The Hall–Kier alpha value is -1.42. The minimum absolute atomic E-state index is 0.0972. The summed E-state index contributed by atoms with van der Waals surface area (Å²) in [6.07, 6.45) is -0.946. The number of rotatable bonds is 14. The molecule has 2 aliphatic rings. The lowest BCUT2D eigenvalue weighted by Crippen LogP contribution is -2.64. The minimum atomic E-state index is -1.49. The van der Waals surface area contributed by atoms with Gasteiger partial charge in [0.25, 0.3) is 11.6 Å². The Balaban J connectivity index is 1.81. The number of nitro benzene ring substituents is 1. The van der Waals surface area contributed by atoms with Crippen molar-refractivity contribution in [2.24, 2.45) is 11.8 Å². The number of nitrogens with zero attached hydrogens (tertiary/aromatic N) is 2. The summed E-state index contributed by atoms with van der Waals surface area (Å²) < 4.78 is 6.30. The molecule has 45 heavy (non-hydrogen) atoms. The second-order valence-electron chi connectivity index (χ2n) is 11.9. The Morgan fingerprint density at radius 1 is 1.18 bits per heavy atom. The highest BCUT2D eigenvalue weighted by Gasteiger charge is 2.50. The Kier molecular flexibility index (Phi) is 14.5. The van der Waals surface area contributed by atoms with Crippen molar-refractivity contribution < 1.29 is 34.6 Å². The lowest BCUT2D eigenvalue weighted by molar-refractivity contribution is -0.384. The first-order valence-electron chi connectivity index (χ1n) is 14.9. The van der Waals surface area contributed by atoms with Crippen LogP contribution in [0.25, 0.3) is 0 Å². The Morgan fingerprint density at radius 2 is 1.82 bits per heavy atom. The van der Waals surface area contributed by atoms with Gasteiger partial charge < -0.3 is 30.7 Å². The summed E-state index contributed by atoms with van der Waals surface area (Å²) in [5.74, 6) is -1.45. The average Bonchev–Trinajstić information content (AvgIpc) is 3.37. The van der Waals surface area contributed by atoms with Gasteiger partial charge in [0, 0.05) is 24.6 Å². The fourth-order valence-corrected chi connectivity index (χ4v) is 7.50. The number of thioether (sulfide) groups is 1. The van der Waals surface area contributed by atoms with Crippen LogP contribution in [0.15, 0.2) is 24.3 Å². The predicted octanol–water partition coefficient (Wildman–Crippen LogP) is 2.97. The fourth-order valence-electron chi connectivity index (χ4n) is 6.30. The predicted molar refractivity (Wildman–Crippen MR) is 174 cm³/mol. The maximum atomic E-state index is 13.4. The topological polar surface area (TPSA) is 174 Å². The number of likely N-dealkylation sites (tertiary alicyclic amines) is 1. The van der Waals surface area contributed by atoms with E-state index in [-0.39, 0.29) is 29.6 Å². The van der Waals surface area contributed by atoms with Crippen LogP contribution in [0.3, 0.4) is 0 Å². The van der Waals surface area contributed by atoms with Gasteiger partial charge in [0.2, 0.25) is 5.91 Å². The minimum Gasteiger partial charge on any atom is -0.390 e. The molecule has 0 aliphatic carbocycles. The monoisotopic (exact) mass is 712 g/mol. The number of nitro groups is 1. The Bertz CT molecular complexity index is 1150. The number of hydrogen-bond acceptors (Lipinski definition) is 10. The number of aliphatic hydroxyl groups excluding tert-OH is 3. The fraction of sp³-hybridized carbons (Fsp3) is 0.724. The first-order chi connectivity index (χ1) is 21.2. The van der Waals surface area contributed by atoms with Gasteiger partial charge in [-0.1, -0.05) is 36.5 Å². The smallest absolute Gasteiger partial charge is 0.269 e. The number of benzene rings is 1. The third-order valence-corrected chi connectivity index (χ3v) is 10.3. The van der Waals surface area contributed by atoms with Gasteiger partial charge in [0.1, 0.15) is 17.6 Å². The lowest BCUT2D eigenvalue weighted by atomic mass is 9.82. The average molecular weight is 714 g/mol. The van der Waals surface area contributed by atoms with Gasteiger partial charge in [-0.05, 0) is 63.1 Å². The zero-order chi connectivity index (χ0) is 33.6. The molecule has 0 bridgehead atoms. The highest BCUT2D eigenvalue weighted by molar-refractivity contribution is 7.99. The van der Waals surface area contributed by atoms with E-state index in [9.17, 15) is 35.0 Å². The van der Waals surface area contributed by atoms with Crippen molar-refractivity contribution in [2.75, 3.05) is 19.8 Å². The van der Waals surface area contributed by atoms with Crippen LogP contribution in [0.5, 0.6) is 0 Å². The number of hydrogen-bond donors (Lipinski definition) is 5. The number of nitrogens with one attached hydrogen (secondary N) is 2. The summed E-state index contributed by atoms with van der Waals surface area (Å²) in [7, 11) is 1.90. The van der Waals surface area contributed by atoms with E-state index in [1.807, 2.05) is 11.9 Å². The quantitative estimate of drug-likeness (QED) is 0.110. The van der Waals surface area contributed by atoms with Crippen LogP contribution in [0, 0.1) is 22.0 Å². The van der Waals surface area contributed by atoms with E-state index >= 15 is 0 Å². The molecule has 9 unspecified atom stereocenters. The van der Waals surface area contributed by atoms with Crippen molar-refractivity contribution >= 4 is 64.1 Å². The second kappa shape index (κ2) is 17.1. The normalized spacial score (nSPS) is 30.0. The van der Waals surface area contributed by atoms with Crippen molar-refractivity contribution in [3.8, 4) is 0 Å². The van der Waals surface area contributed by atoms with Crippen LogP contribution in [-0.4, -0.2) is 109 Å². The van der Waals surface area contributed by atoms with E-state index in [0.29, 0.717) is 12.3 Å². The number of ether oxygens (including phenoxy) is 1. The summed E-state index contributed by atoms with van der Waals surface area (Å²) >= 11 is 19.3. The van der Waals surface area contributed by atoms with Gasteiger partial charge in [-0.25, -0.2) is 0 Å². The number of amides is 2. The Labute approximate surface area is 282 Å². The van der Waals surface area contributed by atoms with Gasteiger partial charge in [0.05, 0.1) is 40.6 Å². The highest BCUT2D eigenvalue weighted by atomic mass is 35.5. The van der Waals surface area contributed by atoms with Gasteiger partial charge in [-0.15, -0.1) is 23.4 Å². The number of halogens is 3. The molecule has 0 aromatic heterocycles. The Morgan fingerprint density at radius 3 is 2.36 bits per heavy atom.